The van der Waals surface area contributed by atoms with Crippen molar-refractivity contribution >= 4 is 45.6 Å². The van der Waals surface area contributed by atoms with Gasteiger partial charge in [-0.1, -0.05) is 13.3 Å². The maximum Gasteiger partial charge on any atom is 0.356 e. The lowest BCUT2D eigenvalue weighted by molar-refractivity contribution is -0.151. The molecule has 1 aliphatic carbocycles. The molecule has 0 radical (unpaired) electrons. The summed E-state index contributed by atoms with van der Waals surface area (Å²) in [7, 11) is 1.19. The number of aliphatic hydroxyl groups is 1. The van der Waals surface area contributed by atoms with Crippen molar-refractivity contribution in [3.05, 3.63) is 101 Å². The number of ketones is 1. The number of methoxy groups -OCH3 is 1. The van der Waals surface area contributed by atoms with Gasteiger partial charge in [0.25, 0.3) is 0 Å². The SMILES string of the molecule is CCCc1c(C)c(OC(=O)c2c(C)c(C)c(OC(=O)[C@@]3(O)C(C)=CC(=O)C=C3OC)c(Br)c2O)cc(C)c1C(=O)Oc1c(C)c(C)c(C(=O)O)c(C)c1C. The normalized spacial score (nSPS) is 15.3. The van der Waals surface area contributed by atoms with Crippen LogP contribution in [-0.2, 0) is 20.7 Å². The maximum absolute atomic E-state index is 13.9. The molecule has 13 heteroatoms. The minimum absolute atomic E-state index is 0.0380. The van der Waals surface area contributed by atoms with Crippen molar-refractivity contribution in [3.8, 4) is 23.0 Å². The van der Waals surface area contributed by atoms with Crippen molar-refractivity contribution < 1.29 is 58.2 Å². The lowest BCUT2D eigenvalue weighted by Gasteiger charge is -2.30. The molecule has 0 bridgehead atoms. The first-order chi connectivity index (χ1) is 25.1. The van der Waals surface area contributed by atoms with Crippen LogP contribution in [0.1, 0.15) is 101 Å². The van der Waals surface area contributed by atoms with Gasteiger partial charge in [-0.2, -0.15) is 0 Å². The Bertz CT molecular complexity index is 2170. The molecule has 1 aliphatic rings. The van der Waals surface area contributed by atoms with Crippen molar-refractivity contribution in [2.45, 2.75) is 87.7 Å². The Kier molecular flexibility index (Phi) is 12.0. The number of ether oxygens (including phenoxy) is 4. The van der Waals surface area contributed by atoms with Crippen LogP contribution in [0.3, 0.4) is 0 Å². The molecule has 0 aliphatic heterocycles. The monoisotopic (exact) mass is 806 g/mol. The first-order valence-electron chi connectivity index (χ1n) is 17.0. The topological polar surface area (TPSA) is 183 Å². The number of aryl methyl sites for hydroxylation is 1. The van der Waals surface area contributed by atoms with Gasteiger partial charge >= 0.3 is 23.9 Å². The van der Waals surface area contributed by atoms with E-state index >= 15 is 0 Å². The summed E-state index contributed by atoms with van der Waals surface area (Å²) < 4.78 is 22.4. The Hall–Kier alpha value is -5.27. The number of carboxylic acids is 1. The predicted octanol–water partition coefficient (Wildman–Crippen LogP) is 7.41. The molecule has 54 heavy (non-hydrogen) atoms. The Morgan fingerprint density at radius 1 is 0.741 bits per heavy atom. The third-order valence-corrected chi connectivity index (χ3v) is 10.9. The van der Waals surface area contributed by atoms with Crippen LogP contribution in [0.15, 0.2) is 34.0 Å². The van der Waals surface area contributed by atoms with E-state index in [2.05, 4.69) is 15.9 Å². The standard InChI is InChI=1S/C41H43BrO12/c1-12-13-27-25(10)28(14-17(2)30(27)38(47)53-35-22(7)19(4)31(37(45)46)20(5)23(35)8)52-39(48)32-21(6)24(9)36(33(42)34(32)44)54-40(49)41(50)18(3)15-26(43)16-29(41)51-11/h14-16,44,50H,12-13H2,1-11H3,(H,45,46)/t41-/m1/s1. The first kappa shape index (κ1) is 41.5. The van der Waals surface area contributed by atoms with Crippen LogP contribution in [-0.4, -0.2) is 57.7 Å². The fourth-order valence-electron chi connectivity index (χ4n) is 6.66. The number of carboxylic acid groups (broad SMARTS) is 1. The molecule has 0 unspecified atom stereocenters. The number of allylic oxidation sites excluding steroid dienone is 2. The van der Waals surface area contributed by atoms with Crippen molar-refractivity contribution in [2.24, 2.45) is 0 Å². The van der Waals surface area contributed by atoms with E-state index in [-0.39, 0.29) is 60.9 Å². The lowest BCUT2D eigenvalue weighted by Crippen LogP contribution is -2.47. The van der Waals surface area contributed by atoms with E-state index in [1.165, 1.54) is 27.0 Å². The van der Waals surface area contributed by atoms with E-state index in [1.54, 1.807) is 48.5 Å². The van der Waals surface area contributed by atoms with Gasteiger partial charge in [-0.3, -0.25) is 4.79 Å². The van der Waals surface area contributed by atoms with Crippen LogP contribution < -0.4 is 14.2 Å². The molecule has 0 heterocycles. The van der Waals surface area contributed by atoms with Gasteiger partial charge in [0.2, 0.25) is 5.60 Å². The van der Waals surface area contributed by atoms with Gasteiger partial charge in [0.05, 0.1) is 18.2 Å². The van der Waals surface area contributed by atoms with E-state index < -0.39 is 41.0 Å². The summed E-state index contributed by atoms with van der Waals surface area (Å²) in [5.41, 5.74) is 1.80. The van der Waals surface area contributed by atoms with Gasteiger partial charge in [-0.15, -0.1) is 0 Å². The molecule has 0 amide bonds. The molecule has 0 aromatic heterocycles. The van der Waals surface area contributed by atoms with Gasteiger partial charge in [0.15, 0.2) is 11.5 Å². The van der Waals surface area contributed by atoms with Crippen molar-refractivity contribution in [2.75, 3.05) is 7.11 Å². The molecule has 286 valence electrons. The molecule has 12 nitrogen and oxygen atoms in total. The smallest absolute Gasteiger partial charge is 0.356 e. The van der Waals surface area contributed by atoms with Gasteiger partial charge < -0.3 is 34.3 Å². The average Bonchev–Trinajstić information content (AvgIpc) is 3.10. The zero-order chi connectivity index (χ0) is 40.7. The highest BCUT2D eigenvalue weighted by atomic mass is 79.9. The summed E-state index contributed by atoms with van der Waals surface area (Å²) in [5, 5.41) is 32.3. The number of hydrogen-bond acceptors (Lipinski definition) is 11. The number of aromatic hydroxyl groups is 1. The van der Waals surface area contributed by atoms with Crippen molar-refractivity contribution in [1.82, 2.24) is 0 Å². The Morgan fingerprint density at radius 3 is 1.81 bits per heavy atom. The van der Waals surface area contributed by atoms with Crippen molar-refractivity contribution in [3.63, 3.8) is 0 Å². The number of halogens is 1. The molecule has 3 aromatic carbocycles. The fraction of sp³-hybridized carbons (Fsp3) is 0.341. The highest BCUT2D eigenvalue weighted by Gasteiger charge is 2.48. The number of benzene rings is 3. The minimum Gasteiger partial charge on any atom is -0.506 e. The molecule has 3 aromatic rings. The van der Waals surface area contributed by atoms with Crippen LogP contribution in [0.2, 0.25) is 0 Å². The molecule has 0 spiro atoms. The van der Waals surface area contributed by atoms with E-state index in [0.29, 0.717) is 51.8 Å². The predicted molar refractivity (Wildman–Crippen MR) is 202 cm³/mol. The highest BCUT2D eigenvalue weighted by Crippen LogP contribution is 2.44. The number of carbonyl (C=O) groups excluding carboxylic acids is 4. The number of aromatic carboxylic acids is 1. The number of carbonyl (C=O) groups is 5. The number of esters is 3. The quantitative estimate of drug-likeness (QED) is 0.137. The van der Waals surface area contributed by atoms with Crippen LogP contribution >= 0.6 is 15.9 Å². The molecule has 1 atom stereocenters. The molecule has 4 rings (SSSR count). The van der Waals surface area contributed by atoms with Crippen LogP contribution in [0.4, 0.5) is 0 Å². The van der Waals surface area contributed by atoms with E-state index in [1.807, 2.05) is 6.92 Å². The Labute approximate surface area is 321 Å². The van der Waals surface area contributed by atoms with Gasteiger partial charge in [0.1, 0.15) is 33.0 Å². The second kappa shape index (κ2) is 15.6. The molecule has 0 saturated heterocycles. The van der Waals surface area contributed by atoms with Crippen LogP contribution in [0.25, 0.3) is 0 Å². The summed E-state index contributed by atoms with van der Waals surface area (Å²) in [4.78, 5) is 65.0. The van der Waals surface area contributed by atoms with Gasteiger partial charge in [-0.05, 0) is 152 Å². The minimum atomic E-state index is -2.43. The highest BCUT2D eigenvalue weighted by molar-refractivity contribution is 9.10. The lowest BCUT2D eigenvalue weighted by atomic mass is 9.87. The first-order valence-corrected chi connectivity index (χ1v) is 17.8. The number of rotatable bonds is 10. The molecule has 3 N–H and O–H groups in total. The second-order valence-electron chi connectivity index (χ2n) is 13.4. The van der Waals surface area contributed by atoms with E-state index in [9.17, 15) is 39.3 Å². The summed E-state index contributed by atoms with van der Waals surface area (Å²) >= 11 is 3.23. The average molecular weight is 808 g/mol. The molecular formula is C41H43BrO12. The molecule has 0 fully saturated rings. The second-order valence-corrected chi connectivity index (χ2v) is 14.2. The van der Waals surface area contributed by atoms with E-state index in [4.69, 9.17) is 18.9 Å². The third-order valence-electron chi connectivity index (χ3n) is 10.1. The van der Waals surface area contributed by atoms with E-state index in [0.717, 1.165) is 12.2 Å². The number of hydrogen-bond donors (Lipinski definition) is 3. The number of phenolic OH excluding ortho intramolecular Hbond substituents is 1. The van der Waals surface area contributed by atoms with Crippen LogP contribution in [0, 0.1) is 55.4 Å². The third kappa shape index (κ3) is 7.05. The Morgan fingerprint density at radius 2 is 1.28 bits per heavy atom. The summed E-state index contributed by atoms with van der Waals surface area (Å²) in [5.74, 6) is -5.06. The number of phenols is 1. The van der Waals surface area contributed by atoms with Crippen molar-refractivity contribution in [1.29, 1.82) is 0 Å². The molecule has 0 saturated carbocycles. The largest absolute Gasteiger partial charge is 0.506 e. The zero-order valence-corrected chi connectivity index (χ0v) is 33.6. The van der Waals surface area contributed by atoms with Crippen LogP contribution in [0.5, 0.6) is 23.0 Å². The summed E-state index contributed by atoms with van der Waals surface area (Å²) in [6.45, 7) is 16.5. The summed E-state index contributed by atoms with van der Waals surface area (Å²) in [6.07, 6.45) is 3.11. The Balaban J connectivity index is 1.71. The maximum atomic E-state index is 13.9. The van der Waals surface area contributed by atoms with Gasteiger partial charge in [-0.25, -0.2) is 19.2 Å². The summed E-state index contributed by atoms with van der Waals surface area (Å²) in [6, 6.07) is 1.53. The zero-order valence-electron chi connectivity index (χ0n) is 32.0. The fourth-order valence-corrected chi connectivity index (χ4v) is 7.24. The molecular weight excluding hydrogens is 764 g/mol. The van der Waals surface area contributed by atoms with Gasteiger partial charge in [0, 0.05) is 6.08 Å².